The van der Waals surface area contributed by atoms with Crippen LogP contribution in [0.25, 0.3) is 10.8 Å². The highest BCUT2D eigenvalue weighted by Crippen LogP contribution is 2.25. The first kappa shape index (κ1) is 18.7. The van der Waals surface area contributed by atoms with Crippen LogP contribution in [-0.2, 0) is 6.54 Å². The van der Waals surface area contributed by atoms with Crippen LogP contribution in [0.4, 0.5) is 5.69 Å². The topological polar surface area (TPSA) is 68.7 Å². The Bertz CT molecular complexity index is 1070. The first-order valence-corrected chi connectivity index (χ1v) is 9.88. The zero-order chi connectivity index (χ0) is 19.5. The Labute approximate surface area is 168 Å². The van der Waals surface area contributed by atoms with Gasteiger partial charge in [0, 0.05) is 28.6 Å². The molecule has 1 aromatic heterocycles. The summed E-state index contributed by atoms with van der Waals surface area (Å²) in [6, 6.07) is 13.1. The predicted octanol–water partition coefficient (Wildman–Crippen LogP) is 4.62. The summed E-state index contributed by atoms with van der Waals surface area (Å²) < 4.78 is 0. The van der Waals surface area contributed by atoms with Crippen molar-refractivity contribution in [3.05, 3.63) is 69.0 Å². The van der Waals surface area contributed by atoms with E-state index in [1.807, 2.05) is 12.1 Å². The number of pyridine rings is 1. The Morgan fingerprint density at radius 3 is 2.57 bits per heavy atom. The molecule has 28 heavy (non-hydrogen) atoms. The van der Waals surface area contributed by atoms with Crippen LogP contribution < -0.4 is 5.56 Å². The van der Waals surface area contributed by atoms with Gasteiger partial charge < -0.3 is 5.11 Å². The second-order valence-electron chi connectivity index (χ2n) is 7.17. The summed E-state index contributed by atoms with van der Waals surface area (Å²) in [5.74, 6) is -0.217. The van der Waals surface area contributed by atoms with E-state index in [2.05, 4.69) is 27.0 Å². The maximum absolute atomic E-state index is 12.0. The number of aromatic hydroxyl groups is 1. The molecule has 4 rings (SSSR count). The third-order valence-electron chi connectivity index (χ3n) is 5.14. The van der Waals surface area contributed by atoms with Crippen molar-refractivity contribution in [2.45, 2.75) is 25.8 Å². The molecule has 1 saturated heterocycles. The molecule has 0 aliphatic carbocycles. The van der Waals surface area contributed by atoms with Crippen LogP contribution in [0.1, 0.15) is 30.4 Å². The fourth-order valence-corrected chi connectivity index (χ4v) is 3.81. The van der Waals surface area contributed by atoms with Gasteiger partial charge in [-0.2, -0.15) is 0 Å². The van der Waals surface area contributed by atoms with Crippen molar-refractivity contribution >= 4 is 34.3 Å². The number of hydrogen-bond acceptors (Lipinski definition) is 4. The quantitative estimate of drug-likeness (QED) is 0.633. The highest BCUT2D eigenvalue weighted by molar-refractivity contribution is 6.31. The van der Waals surface area contributed by atoms with Crippen molar-refractivity contribution < 1.29 is 5.11 Å². The van der Waals surface area contributed by atoms with Crippen LogP contribution in [-0.4, -0.2) is 34.3 Å². The highest BCUT2D eigenvalue weighted by atomic mass is 35.5. The number of halogens is 1. The summed E-state index contributed by atoms with van der Waals surface area (Å²) in [5, 5.41) is 11.7. The molecule has 6 heteroatoms. The van der Waals surface area contributed by atoms with Crippen LogP contribution in [0.2, 0.25) is 5.02 Å². The Morgan fingerprint density at radius 1 is 1.07 bits per heavy atom. The van der Waals surface area contributed by atoms with E-state index in [4.69, 9.17) is 11.6 Å². The second kappa shape index (κ2) is 8.17. The minimum absolute atomic E-state index is 0.217. The SMILES string of the molecule is O=c1[nH]c(O)c(C=Nc2ccc(CN3CCCCC3)cc2)c2cc(Cl)ccc12. The van der Waals surface area contributed by atoms with Crippen LogP contribution in [0.15, 0.2) is 52.3 Å². The molecule has 2 aromatic carbocycles. The number of nitrogens with zero attached hydrogens (tertiary/aromatic N) is 2. The van der Waals surface area contributed by atoms with Gasteiger partial charge in [0.05, 0.1) is 11.3 Å². The zero-order valence-electron chi connectivity index (χ0n) is 15.5. The number of likely N-dealkylation sites (tertiary alicyclic amines) is 1. The molecule has 0 atom stereocenters. The van der Waals surface area contributed by atoms with Crippen LogP contribution in [0.5, 0.6) is 5.88 Å². The van der Waals surface area contributed by atoms with E-state index in [0.717, 1.165) is 12.2 Å². The maximum atomic E-state index is 12.0. The van der Waals surface area contributed by atoms with Crippen molar-refractivity contribution in [3.63, 3.8) is 0 Å². The van der Waals surface area contributed by atoms with Crippen LogP contribution in [0.3, 0.4) is 0 Å². The number of H-pyrrole nitrogens is 1. The number of rotatable bonds is 4. The third-order valence-corrected chi connectivity index (χ3v) is 5.37. The third kappa shape index (κ3) is 4.11. The molecule has 0 amide bonds. The van der Waals surface area contributed by atoms with Crippen molar-refractivity contribution in [2.24, 2.45) is 4.99 Å². The fourth-order valence-electron chi connectivity index (χ4n) is 3.64. The largest absolute Gasteiger partial charge is 0.494 e. The van der Waals surface area contributed by atoms with Gasteiger partial charge in [0.15, 0.2) is 0 Å². The fraction of sp³-hybridized carbons (Fsp3) is 0.273. The van der Waals surface area contributed by atoms with Gasteiger partial charge in [-0.3, -0.25) is 19.7 Å². The lowest BCUT2D eigenvalue weighted by molar-refractivity contribution is 0.221. The first-order chi connectivity index (χ1) is 13.6. The van der Waals surface area contributed by atoms with Crippen molar-refractivity contribution in [3.8, 4) is 5.88 Å². The summed E-state index contributed by atoms with van der Waals surface area (Å²) in [7, 11) is 0. The monoisotopic (exact) mass is 395 g/mol. The average Bonchev–Trinajstić information content (AvgIpc) is 2.69. The van der Waals surface area contributed by atoms with Gasteiger partial charge in [-0.25, -0.2) is 0 Å². The van der Waals surface area contributed by atoms with E-state index in [1.54, 1.807) is 24.4 Å². The number of benzene rings is 2. The molecule has 0 spiro atoms. The van der Waals surface area contributed by atoms with Gasteiger partial charge in [-0.1, -0.05) is 30.2 Å². The number of aromatic nitrogens is 1. The van der Waals surface area contributed by atoms with E-state index < -0.39 is 0 Å². The highest BCUT2D eigenvalue weighted by Gasteiger charge is 2.11. The van der Waals surface area contributed by atoms with E-state index >= 15 is 0 Å². The summed E-state index contributed by atoms with van der Waals surface area (Å²) in [6.07, 6.45) is 5.46. The van der Waals surface area contributed by atoms with E-state index in [9.17, 15) is 9.90 Å². The number of aliphatic imine (C=N–C) groups is 1. The molecular weight excluding hydrogens is 374 g/mol. The molecule has 2 heterocycles. The van der Waals surface area contributed by atoms with Crippen molar-refractivity contribution in [1.82, 2.24) is 9.88 Å². The lowest BCUT2D eigenvalue weighted by Gasteiger charge is -2.26. The molecule has 0 radical (unpaired) electrons. The molecule has 0 unspecified atom stereocenters. The molecule has 1 aliphatic rings. The summed E-state index contributed by atoms with van der Waals surface area (Å²) >= 11 is 6.07. The van der Waals surface area contributed by atoms with Gasteiger partial charge >= 0.3 is 0 Å². The smallest absolute Gasteiger partial charge is 0.258 e. The Hall–Kier alpha value is -2.63. The number of nitrogens with one attached hydrogen (secondary N) is 1. The minimum atomic E-state index is -0.358. The summed E-state index contributed by atoms with van der Waals surface area (Å²) in [6.45, 7) is 3.30. The lowest BCUT2D eigenvalue weighted by atomic mass is 10.1. The number of fused-ring (bicyclic) bond motifs is 1. The van der Waals surface area contributed by atoms with Crippen LogP contribution in [0, 0.1) is 0 Å². The van der Waals surface area contributed by atoms with Gasteiger partial charge in [0.25, 0.3) is 5.56 Å². The normalized spacial score (nSPS) is 15.5. The predicted molar refractivity (Wildman–Crippen MR) is 114 cm³/mol. The molecule has 144 valence electrons. The van der Waals surface area contributed by atoms with Gasteiger partial charge in [-0.15, -0.1) is 0 Å². The Kier molecular flexibility index (Phi) is 5.46. The number of piperidine rings is 1. The van der Waals surface area contributed by atoms with Gasteiger partial charge in [-0.05, 0) is 61.8 Å². The van der Waals surface area contributed by atoms with Gasteiger partial charge in [0.1, 0.15) is 0 Å². The van der Waals surface area contributed by atoms with Crippen LogP contribution >= 0.6 is 11.6 Å². The van der Waals surface area contributed by atoms with E-state index in [1.165, 1.54) is 37.9 Å². The Balaban J connectivity index is 1.57. The zero-order valence-corrected chi connectivity index (χ0v) is 16.2. The Morgan fingerprint density at radius 2 is 1.82 bits per heavy atom. The molecule has 5 nitrogen and oxygen atoms in total. The molecule has 0 saturated carbocycles. The van der Waals surface area contributed by atoms with Crippen molar-refractivity contribution in [1.29, 1.82) is 0 Å². The molecule has 3 aromatic rings. The summed E-state index contributed by atoms with van der Waals surface area (Å²) in [4.78, 5) is 21.4. The second-order valence-corrected chi connectivity index (χ2v) is 7.60. The minimum Gasteiger partial charge on any atom is -0.494 e. The first-order valence-electron chi connectivity index (χ1n) is 9.50. The lowest BCUT2D eigenvalue weighted by Crippen LogP contribution is -2.28. The average molecular weight is 396 g/mol. The molecule has 2 N–H and O–H groups in total. The van der Waals surface area contributed by atoms with E-state index in [-0.39, 0.29) is 11.4 Å². The number of hydrogen-bond donors (Lipinski definition) is 2. The molecular formula is C22H22ClN3O2. The molecule has 1 aliphatic heterocycles. The summed E-state index contributed by atoms with van der Waals surface area (Å²) in [5.41, 5.74) is 2.13. The standard InChI is InChI=1S/C22H22ClN3O2/c23-16-6-9-18-19(12-16)20(22(28)25-21(18)27)13-24-17-7-4-15(5-8-17)14-26-10-2-1-3-11-26/h4-9,12-13H,1-3,10-11,14H2,(H2,25,27,28). The number of aromatic amines is 1. The van der Waals surface area contributed by atoms with Gasteiger partial charge in [0.2, 0.25) is 5.88 Å². The molecule has 1 fully saturated rings. The maximum Gasteiger partial charge on any atom is 0.258 e. The van der Waals surface area contributed by atoms with E-state index in [0.29, 0.717) is 21.4 Å². The molecule has 0 bridgehead atoms. The van der Waals surface area contributed by atoms with Crippen molar-refractivity contribution in [2.75, 3.05) is 13.1 Å².